The average molecular weight is 281 g/mol. The van der Waals surface area contributed by atoms with E-state index in [4.69, 9.17) is 4.74 Å². The molecule has 3 rings (SSSR count). The third kappa shape index (κ3) is 2.79. The largest absolute Gasteiger partial charge is 0.448 e. The van der Waals surface area contributed by atoms with Crippen molar-refractivity contribution in [2.45, 2.75) is 19.4 Å². The Kier molecular flexibility index (Phi) is 3.44. The first kappa shape index (κ1) is 13.4. The van der Waals surface area contributed by atoms with E-state index in [0.717, 1.165) is 11.1 Å². The van der Waals surface area contributed by atoms with Gasteiger partial charge in [0.05, 0.1) is 5.56 Å². The molecule has 1 aliphatic heterocycles. The van der Waals surface area contributed by atoms with Gasteiger partial charge < -0.3 is 10.1 Å². The maximum absolute atomic E-state index is 12.2. The van der Waals surface area contributed by atoms with E-state index in [9.17, 15) is 9.59 Å². The highest BCUT2D eigenvalue weighted by molar-refractivity contribution is 6.00. The number of cyclic esters (lactones) is 1. The van der Waals surface area contributed by atoms with E-state index in [1.54, 1.807) is 12.1 Å². The summed E-state index contributed by atoms with van der Waals surface area (Å²) < 4.78 is 5.23. The fourth-order valence-corrected chi connectivity index (χ4v) is 2.42. The molecule has 0 radical (unpaired) electrons. The fraction of sp³-hybridized carbons (Fsp3) is 0.176. The number of esters is 1. The highest BCUT2D eigenvalue weighted by Gasteiger charge is 2.30. The van der Waals surface area contributed by atoms with Gasteiger partial charge in [-0.2, -0.15) is 0 Å². The van der Waals surface area contributed by atoms with Crippen LogP contribution in [0.4, 0.5) is 5.69 Å². The molecule has 1 unspecified atom stereocenters. The summed E-state index contributed by atoms with van der Waals surface area (Å²) in [6, 6.07) is 14.7. The quantitative estimate of drug-likeness (QED) is 0.861. The van der Waals surface area contributed by atoms with Crippen molar-refractivity contribution < 1.29 is 14.3 Å². The smallest absolute Gasteiger partial charge is 0.339 e. The summed E-state index contributed by atoms with van der Waals surface area (Å²) >= 11 is 0. The molecule has 0 saturated carbocycles. The molecule has 1 amide bonds. The van der Waals surface area contributed by atoms with E-state index < -0.39 is 12.1 Å². The standard InChI is InChI=1S/C17H15NO3/c1-11-5-4-7-13(9-11)18-16(19)15-10-12-6-2-3-8-14(12)17(20)21-15/h2-9,15H,10H2,1H3,(H,18,19). The van der Waals surface area contributed by atoms with E-state index in [-0.39, 0.29) is 5.91 Å². The van der Waals surface area contributed by atoms with Crippen molar-refractivity contribution in [2.24, 2.45) is 0 Å². The molecule has 4 nitrogen and oxygen atoms in total. The third-order valence-electron chi connectivity index (χ3n) is 3.47. The summed E-state index contributed by atoms with van der Waals surface area (Å²) in [7, 11) is 0. The highest BCUT2D eigenvalue weighted by atomic mass is 16.5. The lowest BCUT2D eigenvalue weighted by molar-refractivity contribution is -0.125. The summed E-state index contributed by atoms with van der Waals surface area (Å²) in [5.74, 6) is -0.746. The molecule has 0 bridgehead atoms. The van der Waals surface area contributed by atoms with Crippen LogP contribution >= 0.6 is 0 Å². The first-order valence-electron chi connectivity index (χ1n) is 6.80. The Morgan fingerprint density at radius 3 is 2.81 bits per heavy atom. The van der Waals surface area contributed by atoms with Crippen molar-refractivity contribution in [1.29, 1.82) is 0 Å². The number of carbonyl (C=O) groups is 2. The van der Waals surface area contributed by atoms with Crippen molar-refractivity contribution in [3.63, 3.8) is 0 Å². The van der Waals surface area contributed by atoms with Gasteiger partial charge in [-0.25, -0.2) is 4.79 Å². The molecule has 0 spiro atoms. The number of aryl methyl sites for hydroxylation is 1. The fourth-order valence-electron chi connectivity index (χ4n) is 2.42. The van der Waals surface area contributed by atoms with Gasteiger partial charge in [0, 0.05) is 12.1 Å². The van der Waals surface area contributed by atoms with Gasteiger partial charge in [0.2, 0.25) is 0 Å². The SMILES string of the molecule is Cc1cccc(NC(=O)C2Cc3ccccc3C(=O)O2)c1. The number of ether oxygens (including phenoxy) is 1. The summed E-state index contributed by atoms with van der Waals surface area (Å²) in [6.45, 7) is 1.95. The molecule has 1 atom stereocenters. The summed E-state index contributed by atoms with van der Waals surface area (Å²) in [4.78, 5) is 24.2. The third-order valence-corrected chi connectivity index (χ3v) is 3.47. The molecule has 0 aliphatic carbocycles. The average Bonchev–Trinajstić information content (AvgIpc) is 2.47. The van der Waals surface area contributed by atoms with Crippen LogP contribution in [0.5, 0.6) is 0 Å². The predicted molar refractivity (Wildman–Crippen MR) is 79.2 cm³/mol. The number of amides is 1. The van der Waals surface area contributed by atoms with Crippen molar-refractivity contribution in [1.82, 2.24) is 0 Å². The van der Waals surface area contributed by atoms with Crippen molar-refractivity contribution >= 4 is 17.6 Å². The van der Waals surface area contributed by atoms with Crippen molar-refractivity contribution in [3.05, 3.63) is 65.2 Å². The number of benzene rings is 2. The Morgan fingerprint density at radius 1 is 1.19 bits per heavy atom. The van der Waals surface area contributed by atoms with Crippen LogP contribution in [0.15, 0.2) is 48.5 Å². The normalized spacial score (nSPS) is 16.8. The molecule has 1 aliphatic rings. The zero-order valence-corrected chi connectivity index (χ0v) is 11.6. The molecule has 106 valence electrons. The molecule has 0 saturated heterocycles. The maximum atomic E-state index is 12.2. The lowest BCUT2D eigenvalue weighted by Crippen LogP contribution is -2.37. The van der Waals surface area contributed by atoms with Crippen LogP contribution in [0, 0.1) is 6.92 Å². The van der Waals surface area contributed by atoms with Crippen LogP contribution < -0.4 is 5.32 Å². The van der Waals surface area contributed by atoms with Gasteiger partial charge in [0.25, 0.3) is 5.91 Å². The van der Waals surface area contributed by atoms with Crippen LogP contribution in [0.25, 0.3) is 0 Å². The van der Waals surface area contributed by atoms with Crippen molar-refractivity contribution in [3.8, 4) is 0 Å². The van der Waals surface area contributed by atoms with Crippen molar-refractivity contribution in [2.75, 3.05) is 5.32 Å². The second-order valence-electron chi connectivity index (χ2n) is 5.11. The Labute approximate surface area is 122 Å². The molecular weight excluding hydrogens is 266 g/mol. The topological polar surface area (TPSA) is 55.4 Å². The number of hydrogen-bond acceptors (Lipinski definition) is 3. The number of rotatable bonds is 2. The van der Waals surface area contributed by atoms with Gasteiger partial charge in [-0.1, -0.05) is 30.3 Å². The molecule has 4 heteroatoms. The molecular formula is C17H15NO3. The lowest BCUT2D eigenvalue weighted by Gasteiger charge is -2.23. The van der Waals surface area contributed by atoms with Crippen LogP contribution in [-0.2, 0) is 16.0 Å². The van der Waals surface area contributed by atoms with Gasteiger partial charge in [-0.15, -0.1) is 0 Å². The van der Waals surface area contributed by atoms with E-state index in [0.29, 0.717) is 17.7 Å². The van der Waals surface area contributed by atoms with Crippen LogP contribution in [-0.4, -0.2) is 18.0 Å². The number of hydrogen-bond donors (Lipinski definition) is 1. The Morgan fingerprint density at radius 2 is 2.00 bits per heavy atom. The van der Waals surface area contributed by atoms with Crippen LogP contribution in [0.3, 0.4) is 0 Å². The minimum atomic E-state index is -0.784. The zero-order chi connectivity index (χ0) is 14.8. The molecule has 1 heterocycles. The molecule has 2 aromatic carbocycles. The molecule has 1 N–H and O–H groups in total. The summed E-state index contributed by atoms with van der Waals surface area (Å²) in [6.07, 6.45) is -0.382. The predicted octanol–water partition coefficient (Wildman–Crippen LogP) is 2.72. The van der Waals surface area contributed by atoms with E-state index in [1.807, 2.05) is 43.3 Å². The molecule has 2 aromatic rings. The van der Waals surface area contributed by atoms with Gasteiger partial charge in [0.15, 0.2) is 6.10 Å². The first-order chi connectivity index (χ1) is 10.1. The lowest BCUT2D eigenvalue weighted by atomic mass is 9.98. The van der Waals surface area contributed by atoms with Gasteiger partial charge in [-0.05, 0) is 36.2 Å². The van der Waals surface area contributed by atoms with Gasteiger partial charge >= 0.3 is 5.97 Å². The first-order valence-corrected chi connectivity index (χ1v) is 6.80. The Bertz CT molecular complexity index is 709. The minimum Gasteiger partial charge on any atom is -0.448 e. The molecule has 21 heavy (non-hydrogen) atoms. The zero-order valence-electron chi connectivity index (χ0n) is 11.6. The molecule has 0 aromatic heterocycles. The van der Waals surface area contributed by atoms with Gasteiger partial charge in [0.1, 0.15) is 0 Å². The van der Waals surface area contributed by atoms with E-state index in [1.165, 1.54) is 0 Å². The highest BCUT2D eigenvalue weighted by Crippen LogP contribution is 2.21. The second kappa shape index (κ2) is 5.40. The summed E-state index contributed by atoms with van der Waals surface area (Å²) in [5.41, 5.74) is 3.14. The minimum absolute atomic E-state index is 0.302. The second-order valence-corrected chi connectivity index (χ2v) is 5.11. The van der Waals surface area contributed by atoms with E-state index in [2.05, 4.69) is 5.32 Å². The number of nitrogens with one attached hydrogen (secondary N) is 1. The van der Waals surface area contributed by atoms with E-state index >= 15 is 0 Å². The Balaban J connectivity index is 1.76. The van der Waals surface area contributed by atoms with Crippen LogP contribution in [0.2, 0.25) is 0 Å². The monoisotopic (exact) mass is 281 g/mol. The molecule has 0 fully saturated rings. The number of fused-ring (bicyclic) bond motifs is 1. The van der Waals surface area contributed by atoms with Gasteiger partial charge in [-0.3, -0.25) is 4.79 Å². The Hall–Kier alpha value is -2.62. The maximum Gasteiger partial charge on any atom is 0.339 e. The van der Waals surface area contributed by atoms with Crippen LogP contribution in [0.1, 0.15) is 21.5 Å². The number of anilines is 1. The summed E-state index contributed by atoms with van der Waals surface area (Å²) in [5, 5.41) is 2.79. The number of carbonyl (C=O) groups excluding carboxylic acids is 2.